The number of nitrogens with two attached hydrogens (primary N) is 1. The lowest BCUT2D eigenvalue weighted by molar-refractivity contribution is -0.142. The van der Waals surface area contributed by atoms with E-state index in [2.05, 4.69) is 28.9 Å². The average molecular weight is 342 g/mol. The highest BCUT2D eigenvalue weighted by Crippen LogP contribution is 2.28. The fraction of sp³-hybridized carbons (Fsp3) is 0.688. The minimum atomic E-state index is -0.401. The predicted molar refractivity (Wildman–Crippen MR) is 94.8 cm³/mol. The molecule has 1 amide bonds. The second kappa shape index (κ2) is 9.03. The first kappa shape index (κ1) is 19.6. The van der Waals surface area contributed by atoms with E-state index in [4.69, 9.17) is 5.73 Å². The van der Waals surface area contributed by atoms with Crippen molar-refractivity contribution in [3.8, 4) is 0 Å². The standard InChI is InChI=1S/C16H27N5O.ClH/c1-3-16(4-2,13-17)15(22)21-10-6-9-20(11-12-21)14-7-5-8-18-19-14;/h5,7-8H,3-4,6,9-13,17H2,1-2H3;1H. The Balaban J connectivity index is 0.00000264. The van der Waals surface area contributed by atoms with E-state index in [0.29, 0.717) is 6.54 Å². The minimum absolute atomic E-state index is 0. The molecule has 23 heavy (non-hydrogen) atoms. The molecule has 0 radical (unpaired) electrons. The average Bonchev–Trinajstić information content (AvgIpc) is 2.83. The number of hydrogen-bond donors (Lipinski definition) is 1. The van der Waals surface area contributed by atoms with Crippen LogP contribution < -0.4 is 10.6 Å². The molecule has 7 heteroatoms. The second-order valence-electron chi connectivity index (χ2n) is 5.91. The summed E-state index contributed by atoms with van der Waals surface area (Å²) in [5, 5.41) is 8.10. The topological polar surface area (TPSA) is 75.4 Å². The summed E-state index contributed by atoms with van der Waals surface area (Å²) in [6.07, 6.45) is 4.21. The molecule has 2 rings (SSSR count). The molecule has 1 aliphatic heterocycles. The molecule has 1 saturated heterocycles. The number of hydrogen-bond acceptors (Lipinski definition) is 5. The van der Waals surface area contributed by atoms with Gasteiger partial charge in [-0.2, -0.15) is 5.10 Å². The van der Waals surface area contributed by atoms with E-state index in [9.17, 15) is 4.79 Å². The van der Waals surface area contributed by atoms with E-state index in [1.807, 2.05) is 17.0 Å². The molecule has 1 fully saturated rings. The van der Waals surface area contributed by atoms with E-state index >= 15 is 0 Å². The van der Waals surface area contributed by atoms with E-state index in [-0.39, 0.29) is 18.3 Å². The van der Waals surface area contributed by atoms with Crippen LogP contribution >= 0.6 is 12.4 Å². The monoisotopic (exact) mass is 341 g/mol. The van der Waals surface area contributed by atoms with Gasteiger partial charge in [-0.05, 0) is 31.4 Å². The Kier molecular flexibility index (Phi) is 7.72. The molecule has 0 spiro atoms. The number of nitrogens with zero attached hydrogens (tertiary/aromatic N) is 4. The van der Waals surface area contributed by atoms with Crippen molar-refractivity contribution in [1.82, 2.24) is 15.1 Å². The highest BCUT2D eigenvalue weighted by molar-refractivity contribution is 5.85. The summed E-state index contributed by atoms with van der Waals surface area (Å²) in [5.41, 5.74) is 5.52. The van der Waals surface area contributed by atoms with Gasteiger partial charge < -0.3 is 15.5 Å². The minimum Gasteiger partial charge on any atom is -0.353 e. The second-order valence-corrected chi connectivity index (χ2v) is 5.91. The number of anilines is 1. The van der Waals surface area contributed by atoms with Gasteiger partial charge in [-0.25, -0.2) is 0 Å². The summed E-state index contributed by atoms with van der Waals surface area (Å²) in [6, 6.07) is 3.86. The van der Waals surface area contributed by atoms with Gasteiger partial charge in [0.05, 0.1) is 5.41 Å². The lowest BCUT2D eigenvalue weighted by Gasteiger charge is -2.34. The summed E-state index contributed by atoms with van der Waals surface area (Å²) in [7, 11) is 0. The van der Waals surface area contributed by atoms with Crippen LogP contribution in [0.4, 0.5) is 5.82 Å². The molecule has 2 N–H and O–H groups in total. The fourth-order valence-electron chi connectivity index (χ4n) is 3.08. The Bertz CT molecular complexity index is 472. The zero-order valence-electron chi connectivity index (χ0n) is 14.1. The van der Waals surface area contributed by atoms with Crippen LogP contribution in [-0.4, -0.2) is 53.7 Å². The highest BCUT2D eigenvalue weighted by Gasteiger charge is 2.37. The van der Waals surface area contributed by atoms with Gasteiger partial charge in [0.15, 0.2) is 5.82 Å². The first-order valence-corrected chi connectivity index (χ1v) is 8.19. The summed E-state index contributed by atoms with van der Waals surface area (Å²) in [6.45, 7) is 7.72. The van der Waals surface area contributed by atoms with Gasteiger partial charge in [0, 0.05) is 38.9 Å². The predicted octanol–water partition coefficient (Wildman–Crippen LogP) is 1.70. The number of amides is 1. The Labute approximate surface area is 144 Å². The van der Waals surface area contributed by atoms with Crippen LogP contribution in [0.25, 0.3) is 0 Å². The van der Waals surface area contributed by atoms with Crippen molar-refractivity contribution in [3.05, 3.63) is 18.3 Å². The quantitative estimate of drug-likeness (QED) is 0.882. The summed E-state index contributed by atoms with van der Waals surface area (Å²) >= 11 is 0. The molecular weight excluding hydrogens is 314 g/mol. The Morgan fingerprint density at radius 2 is 2.00 bits per heavy atom. The molecule has 0 saturated carbocycles. The van der Waals surface area contributed by atoms with Crippen LogP contribution in [0.1, 0.15) is 33.1 Å². The molecule has 0 bridgehead atoms. The van der Waals surface area contributed by atoms with E-state index < -0.39 is 5.41 Å². The van der Waals surface area contributed by atoms with Crippen molar-refractivity contribution in [3.63, 3.8) is 0 Å². The van der Waals surface area contributed by atoms with Crippen molar-refractivity contribution < 1.29 is 4.79 Å². The van der Waals surface area contributed by atoms with Gasteiger partial charge in [0.1, 0.15) is 0 Å². The fourth-order valence-corrected chi connectivity index (χ4v) is 3.08. The molecule has 2 heterocycles. The molecule has 0 atom stereocenters. The number of rotatable bonds is 5. The highest BCUT2D eigenvalue weighted by atomic mass is 35.5. The zero-order valence-corrected chi connectivity index (χ0v) is 14.9. The van der Waals surface area contributed by atoms with Gasteiger partial charge in [0.2, 0.25) is 5.91 Å². The lowest BCUT2D eigenvalue weighted by atomic mass is 9.81. The van der Waals surface area contributed by atoms with Crippen molar-refractivity contribution in [2.45, 2.75) is 33.1 Å². The van der Waals surface area contributed by atoms with Crippen LogP contribution in [0.3, 0.4) is 0 Å². The molecule has 130 valence electrons. The van der Waals surface area contributed by atoms with Gasteiger partial charge in [0.25, 0.3) is 0 Å². The maximum Gasteiger partial charge on any atom is 0.230 e. The van der Waals surface area contributed by atoms with Crippen LogP contribution in [0, 0.1) is 5.41 Å². The van der Waals surface area contributed by atoms with E-state index in [1.165, 1.54) is 0 Å². The summed E-state index contributed by atoms with van der Waals surface area (Å²) in [5.74, 6) is 1.09. The maximum absolute atomic E-state index is 12.9. The van der Waals surface area contributed by atoms with Crippen LogP contribution in [0.5, 0.6) is 0 Å². The molecule has 1 aromatic heterocycles. The van der Waals surface area contributed by atoms with Crippen molar-refractivity contribution in [1.29, 1.82) is 0 Å². The first-order valence-electron chi connectivity index (χ1n) is 8.19. The van der Waals surface area contributed by atoms with Crippen LogP contribution in [-0.2, 0) is 4.79 Å². The van der Waals surface area contributed by atoms with E-state index in [0.717, 1.165) is 51.3 Å². The smallest absolute Gasteiger partial charge is 0.230 e. The number of carbonyl (C=O) groups is 1. The largest absolute Gasteiger partial charge is 0.353 e. The first-order chi connectivity index (χ1) is 10.7. The van der Waals surface area contributed by atoms with Gasteiger partial charge in [-0.3, -0.25) is 4.79 Å². The number of carbonyl (C=O) groups excluding carboxylic acids is 1. The third kappa shape index (κ3) is 4.32. The summed E-state index contributed by atoms with van der Waals surface area (Å²) < 4.78 is 0. The third-order valence-electron chi connectivity index (χ3n) is 4.86. The normalized spacial score (nSPS) is 15.8. The SMILES string of the molecule is CCC(CC)(CN)C(=O)N1CCCN(c2cccnn2)CC1.Cl. The molecule has 1 aliphatic rings. The molecule has 0 aromatic carbocycles. The molecule has 0 unspecified atom stereocenters. The van der Waals surface area contributed by atoms with Crippen molar-refractivity contribution in [2.75, 3.05) is 37.6 Å². The van der Waals surface area contributed by atoms with E-state index in [1.54, 1.807) is 6.20 Å². The molecule has 6 nitrogen and oxygen atoms in total. The van der Waals surface area contributed by atoms with Gasteiger partial charge in [-0.15, -0.1) is 17.5 Å². The maximum atomic E-state index is 12.9. The third-order valence-corrected chi connectivity index (χ3v) is 4.86. The number of aromatic nitrogens is 2. The lowest BCUT2D eigenvalue weighted by Crippen LogP contribution is -2.48. The van der Waals surface area contributed by atoms with Crippen molar-refractivity contribution >= 4 is 24.1 Å². The molecule has 1 aromatic rings. The number of halogens is 1. The molecule has 0 aliphatic carbocycles. The Hall–Kier alpha value is -1.40. The van der Waals surface area contributed by atoms with Gasteiger partial charge in [-0.1, -0.05) is 13.8 Å². The summed E-state index contributed by atoms with van der Waals surface area (Å²) in [4.78, 5) is 17.1. The van der Waals surface area contributed by atoms with Crippen molar-refractivity contribution in [2.24, 2.45) is 11.1 Å². The Morgan fingerprint density at radius 1 is 1.26 bits per heavy atom. The Morgan fingerprint density at radius 3 is 2.57 bits per heavy atom. The van der Waals surface area contributed by atoms with Crippen LogP contribution in [0.15, 0.2) is 18.3 Å². The molecular formula is C16H28ClN5O. The van der Waals surface area contributed by atoms with Gasteiger partial charge >= 0.3 is 0 Å². The zero-order chi connectivity index (χ0) is 16.0. The van der Waals surface area contributed by atoms with Crippen LogP contribution in [0.2, 0.25) is 0 Å².